The fraction of sp³-hybridized carbons (Fsp3) is 0.120. The van der Waals surface area contributed by atoms with Gasteiger partial charge in [-0.05, 0) is 34.4 Å². The zero-order valence-electron chi connectivity index (χ0n) is 16.5. The highest BCUT2D eigenvalue weighted by molar-refractivity contribution is 7.10. The first-order valence-electron chi connectivity index (χ1n) is 9.93. The van der Waals surface area contributed by atoms with Gasteiger partial charge in [-0.15, -0.1) is 0 Å². The van der Waals surface area contributed by atoms with Gasteiger partial charge < -0.3 is 5.11 Å². The van der Waals surface area contributed by atoms with E-state index in [1.807, 2.05) is 66.9 Å². The van der Waals surface area contributed by atoms with E-state index >= 15 is 0 Å². The molecular formula is C25H20N2O2S. The summed E-state index contributed by atoms with van der Waals surface area (Å²) < 4.78 is 1.44. The van der Waals surface area contributed by atoms with Crippen LogP contribution in [0.4, 0.5) is 5.69 Å². The van der Waals surface area contributed by atoms with E-state index in [0.717, 1.165) is 50.9 Å². The molecule has 0 unspecified atom stereocenters. The van der Waals surface area contributed by atoms with Crippen molar-refractivity contribution in [2.75, 3.05) is 0 Å². The number of aliphatic imine (C=N–C) groups is 1. The minimum absolute atomic E-state index is 0.000990. The van der Waals surface area contributed by atoms with Crippen molar-refractivity contribution in [2.45, 2.75) is 19.9 Å². The summed E-state index contributed by atoms with van der Waals surface area (Å²) in [5, 5.41) is 13.0. The molecule has 0 fully saturated rings. The molecule has 1 aliphatic rings. The second-order valence-corrected chi connectivity index (χ2v) is 8.30. The fourth-order valence-corrected chi connectivity index (χ4v) is 4.81. The van der Waals surface area contributed by atoms with Gasteiger partial charge in [0.25, 0.3) is 0 Å². The van der Waals surface area contributed by atoms with Crippen LogP contribution in [0.3, 0.4) is 0 Å². The lowest BCUT2D eigenvalue weighted by atomic mass is 10.0. The number of para-hydroxylation sites is 1. The van der Waals surface area contributed by atoms with E-state index in [2.05, 4.69) is 18.0 Å². The lowest BCUT2D eigenvalue weighted by Crippen LogP contribution is -2.13. The van der Waals surface area contributed by atoms with Crippen LogP contribution in [0.15, 0.2) is 70.5 Å². The van der Waals surface area contributed by atoms with Gasteiger partial charge in [-0.1, -0.05) is 78.9 Å². The van der Waals surface area contributed by atoms with Crippen LogP contribution < -0.4 is 4.87 Å². The standard InChI is InChI=1S/C25H20N2O2S/c1-2-16-8-6-12-21-19(14-26-23(16)21)13-22-24(28)27(25(29)30-22)15-18-10-5-9-17-7-3-4-11-20(17)18/h3-14,28H,2,15H2,1H3/b19-13+. The Morgan fingerprint density at radius 1 is 1.03 bits per heavy atom. The average Bonchev–Trinajstić information content (AvgIpc) is 3.30. The first-order valence-corrected chi connectivity index (χ1v) is 10.7. The SMILES string of the molecule is CCc1cccc2c1N=C/C2=C\c1sc(=O)n(Cc2cccc3ccccc23)c1O. The maximum Gasteiger partial charge on any atom is 0.310 e. The number of rotatable bonds is 4. The molecule has 4 nitrogen and oxygen atoms in total. The normalized spacial score (nSPS) is 14.0. The van der Waals surface area contributed by atoms with Gasteiger partial charge in [0.15, 0.2) is 0 Å². The third kappa shape index (κ3) is 3.08. The summed E-state index contributed by atoms with van der Waals surface area (Å²) in [5.41, 5.74) is 5.12. The highest BCUT2D eigenvalue weighted by Gasteiger charge is 2.18. The van der Waals surface area contributed by atoms with Gasteiger partial charge in [-0.3, -0.25) is 14.4 Å². The molecule has 0 amide bonds. The third-order valence-electron chi connectivity index (χ3n) is 5.53. The minimum atomic E-state index is -0.176. The van der Waals surface area contributed by atoms with E-state index in [-0.39, 0.29) is 10.8 Å². The molecule has 0 aliphatic carbocycles. The molecule has 5 rings (SSSR count). The van der Waals surface area contributed by atoms with Crippen LogP contribution in [0.1, 0.15) is 28.5 Å². The number of aromatic nitrogens is 1. The van der Waals surface area contributed by atoms with Crippen LogP contribution in [0, 0.1) is 0 Å². The molecule has 1 N–H and O–H groups in total. The highest BCUT2D eigenvalue weighted by Crippen LogP contribution is 2.37. The second kappa shape index (κ2) is 7.43. The molecule has 5 heteroatoms. The number of hydrogen-bond acceptors (Lipinski definition) is 4. The van der Waals surface area contributed by atoms with E-state index in [1.165, 1.54) is 10.1 Å². The molecule has 2 heterocycles. The number of nitrogens with zero attached hydrogens (tertiary/aromatic N) is 2. The maximum atomic E-state index is 12.7. The first-order chi connectivity index (χ1) is 14.7. The van der Waals surface area contributed by atoms with E-state index in [9.17, 15) is 9.90 Å². The third-order valence-corrected chi connectivity index (χ3v) is 6.45. The highest BCUT2D eigenvalue weighted by atomic mass is 32.1. The lowest BCUT2D eigenvalue weighted by Gasteiger charge is -2.08. The van der Waals surface area contributed by atoms with Crippen LogP contribution in [-0.2, 0) is 13.0 Å². The van der Waals surface area contributed by atoms with Crippen LogP contribution in [0.2, 0.25) is 0 Å². The molecule has 3 aromatic carbocycles. The molecule has 0 bridgehead atoms. The fourth-order valence-electron chi connectivity index (χ4n) is 3.97. The smallest absolute Gasteiger partial charge is 0.310 e. The molecule has 148 valence electrons. The van der Waals surface area contributed by atoms with Gasteiger partial charge in [-0.2, -0.15) is 0 Å². The van der Waals surface area contributed by atoms with Crippen molar-refractivity contribution in [2.24, 2.45) is 4.99 Å². The van der Waals surface area contributed by atoms with Crippen molar-refractivity contribution in [1.29, 1.82) is 0 Å². The van der Waals surface area contributed by atoms with Gasteiger partial charge in [0.05, 0.1) is 17.1 Å². The molecule has 1 aliphatic heterocycles. The zero-order chi connectivity index (χ0) is 20.7. The topological polar surface area (TPSA) is 54.6 Å². The average molecular weight is 413 g/mol. The summed E-state index contributed by atoms with van der Waals surface area (Å²) in [6, 6.07) is 20.2. The molecule has 0 spiro atoms. The molecule has 0 atom stereocenters. The van der Waals surface area contributed by atoms with Crippen LogP contribution in [-0.4, -0.2) is 15.9 Å². The van der Waals surface area contributed by atoms with Crippen molar-refractivity contribution in [3.8, 4) is 5.88 Å². The number of benzene rings is 3. The predicted octanol–water partition coefficient (Wildman–Crippen LogP) is 5.64. The molecule has 30 heavy (non-hydrogen) atoms. The Hall–Kier alpha value is -3.44. The Balaban J connectivity index is 1.54. The minimum Gasteiger partial charge on any atom is -0.493 e. The van der Waals surface area contributed by atoms with Gasteiger partial charge >= 0.3 is 4.87 Å². The Labute approximate surface area is 178 Å². The van der Waals surface area contributed by atoms with Crippen LogP contribution >= 0.6 is 11.3 Å². The number of aromatic hydroxyl groups is 1. The Morgan fingerprint density at radius 3 is 2.67 bits per heavy atom. The van der Waals surface area contributed by atoms with Crippen molar-refractivity contribution in [3.05, 3.63) is 91.9 Å². The van der Waals surface area contributed by atoms with Gasteiger partial charge in [0.1, 0.15) is 0 Å². The number of hydrogen-bond donors (Lipinski definition) is 1. The lowest BCUT2D eigenvalue weighted by molar-refractivity contribution is 0.421. The monoisotopic (exact) mass is 412 g/mol. The van der Waals surface area contributed by atoms with Crippen LogP contribution in [0.5, 0.6) is 5.88 Å². The van der Waals surface area contributed by atoms with Crippen molar-refractivity contribution in [3.63, 3.8) is 0 Å². The Kier molecular flexibility index (Phi) is 4.60. The van der Waals surface area contributed by atoms with Crippen LogP contribution in [0.25, 0.3) is 22.4 Å². The zero-order valence-corrected chi connectivity index (χ0v) is 17.3. The number of aryl methyl sites for hydroxylation is 1. The molecule has 4 aromatic rings. The van der Waals surface area contributed by atoms with Gasteiger partial charge in [0, 0.05) is 17.4 Å². The Bertz CT molecular complexity index is 1390. The summed E-state index contributed by atoms with van der Waals surface area (Å²) in [4.78, 5) is 17.6. The number of allylic oxidation sites excluding steroid dienone is 1. The van der Waals surface area contributed by atoms with E-state index < -0.39 is 0 Å². The quantitative estimate of drug-likeness (QED) is 0.472. The van der Waals surface area contributed by atoms with Gasteiger partial charge in [0.2, 0.25) is 5.88 Å². The second-order valence-electron chi connectivity index (χ2n) is 7.30. The van der Waals surface area contributed by atoms with Crippen molar-refractivity contribution >= 4 is 45.7 Å². The van der Waals surface area contributed by atoms with Crippen molar-refractivity contribution < 1.29 is 5.11 Å². The molecule has 0 saturated heterocycles. The molecular weight excluding hydrogens is 392 g/mol. The van der Waals surface area contributed by atoms with E-state index in [4.69, 9.17) is 0 Å². The summed E-state index contributed by atoms with van der Waals surface area (Å²) in [6.07, 6.45) is 4.58. The van der Waals surface area contributed by atoms with E-state index in [0.29, 0.717) is 11.4 Å². The molecule has 1 aromatic heterocycles. The number of thiazole rings is 1. The number of fused-ring (bicyclic) bond motifs is 2. The summed E-state index contributed by atoms with van der Waals surface area (Å²) in [6.45, 7) is 2.44. The van der Waals surface area contributed by atoms with E-state index in [1.54, 1.807) is 0 Å². The molecule has 0 saturated carbocycles. The predicted molar refractivity (Wildman–Crippen MR) is 125 cm³/mol. The summed E-state index contributed by atoms with van der Waals surface area (Å²) >= 11 is 1.06. The summed E-state index contributed by atoms with van der Waals surface area (Å²) in [7, 11) is 0. The van der Waals surface area contributed by atoms with Gasteiger partial charge in [-0.25, -0.2) is 0 Å². The largest absolute Gasteiger partial charge is 0.493 e. The maximum absolute atomic E-state index is 12.7. The van der Waals surface area contributed by atoms with Crippen molar-refractivity contribution in [1.82, 2.24) is 4.57 Å². The summed E-state index contributed by atoms with van der Waals surface area (Å²) in [5.74, 6) is -0.000990. The first kappa shape index (κ1) is 18.6. The molecule has 0 radical (unpaired) electrons. The Morgan fingerprint density at radius 2 is 1.80 bits per heavy atom.